The fourth-order valence-electron chi connectivity index (χ4n) is 2.01. The van der Waals surface area contributed by atoms with Crippen LogP contribution in [0.3, 0.4) is 0 Å². The standard InChI is InChI=1S/C17H12ClNO2S2/c18-13-6-4-11(5-7-13)10-21-14-3-1-2-12(8-14)9-15-16(20)19-17(22)23-15/h1-9H,10H2,(H,19,20,22). The van der Waals surface area contributed by atoms with E-state index < -0.39 is 0 Å². The minimum atomic E-state index is -0.160. The molecule has 1 fully saturated rings. The van der Waals surface area contributed by atoms with Gasteiger partial charge in [0.25, 0.3) is 5.91 Å². The number of halogens is 1. The smallest absolute Gasteiger partial charge is 0.263 e. The molecule has 1 aliphatic rings. The lowest BCUT2D eigenvalue weighted by Crippen LogP contribution is -2.17. The van der Waals surface area contributed by atoms with E-state index in [0.29, 0.717) is 20.9 Å². The van der Waals surface area contributed by atoms with Gasteiger partial charge in [0.15, 0.2) is 0 Å². The number of hydrogen-bond donors (Lipinski definition) is 1. The highest BCUT2D eigenvalue weighted by atomic mass is 35.5. The van der Waals surface area contributed by atoms with Crippen molar-refractivity contribution in [2.45, 2.75) is 6.61 Å². The largest absolute Gasteiger partial charge is 0.489 e. The van der Waals surface area contributed by atoms with Crippen LogP contribution in [0.25, 0.3) is 6.08 Å². The van der Waals surface area contributed by atoms with Gasteiger partial charge in [-0.25, -0.2) is 0 Å². The third kappa shape index (κ3) is 4.34. The van der Waals surface area contributed by atoms with Crippen LogP contribution in [0.2, 0.25) is 5.02 Å². The minimum absolute atomic E-state index is 0.160. The zero-order valence-electron chi connectivity index (χ0n) is 11.9. The third-order valence-corrected chi connectivity index (χ3v) is 4.53. The van der Waals surface area contributed by atoms with Crippen LogP contribution < -0.4 is 10.1 Å². The number of rotatable bonds is 4. The highest BCUT2D eigenvalue weighted by Gasteiger charge is 2.21. The van der Waals surface area contributed by atoms with E-state index in [1.807, 2.05) is 48.5 Å². The summed E-state index contributed by atoms with van der Waals surface area (Å²) in [5.41, 5.74) is 1.93. The van der Waals surface area contributed by atoms with Crippen molar-refractivity contribution >= 4 is 51.9 Å². The second-order valence-electron chi connectivity index (χ2n) is 4.84. The molecule has 2 aromatic carbocycles. The van der Waals surface area contributed by atoms with Crippen molar-refractivity contribution in [1.82, 2.24) is 5.32 Å². The van der Waals surface area contributed by atoms with Gasteiger partial charge in [-0.3, -0.25) is 4.79 Å². The van der Waals surface area contributed by atoms with Crippen LogP contribution in [0.4, 0.5) is 0 Å². The molecule has 0 radical (unpaired) electrons. The Kier molecular flexibility index (Phi) is 5.00. The molecule has 0 spiro atoms. The topological polar surface area (TPSA) is 38.3 Å². The number of carbonyl (C=O) groups excluding carboxylic acids is 1. The van der Waals surface area contributed by atoms with Crippen molar-refractivity contribution in [2.24, 2.45) is 0 Å². The van der Waals surface area contributed by atoms with Crippen molar-refractivity contribution < 1.29 is 9.53 Å². The number of thiocarbonyl (C=S) groups is 1. The molecule has 0 atom stereocenters. The molecule has 1 saturated heterocycles. The van der Waals surface area contributed by atoms with Crippen molar-refractivity contribution in [3.8, 4) is 5.75 Å². The van der Waals surface area contributed by atoms with Crippen LogP contribution in [0.1, 0.15) is 11.1 Å². The Morgan fingerprint density at radius 2 is 2.00 bits per heavy atom. The molecule has 0 bridgehead atoms. The Hall–Kier alpha value is -1.82. The van der Waals surface area contributed by atoms with Crippen molar-refractivity contribution in [1.29, 1.82) is 0 Å². The lowest BCUT2D eigenvalue weighted by Gasteiger charge is -2.07. The minimum Gasteiger partial charge on any atom is -0.489 e. The molecule has 1 aliphatic heterocycles. The fourth-order valence-corrected chi connectivity index (χ4v) is 3.18. The molecule has 0 unspecified atom stereocenters. The van der Waals surface area contributed by atoms with E-state index in [1.165, 1.54) is 11.8 Å². The molecule has 1 N–H and O–H groups in total. The summed E-state index contributed by atoms with van der Waals surface area (Å²) in [4.78, 5) is 12.3. The van der Waals surface area contributed by atoms with Gasteiger partial charge < -0.3 is 10.1 Å². The monoisotopic (exact) mass is 361 g/mol. The van der Waals surface area contributed by atoms with Crippen LogP contribution in [-0.2, 0) is 11.4 Å². The van der Waals surface area contributed by atoms with Gasteiger partial charge in [0.2, 0.25) is 0 Å². The van der Waals surface area contributed by atoms with Gasteiger partial charge in [0, 0.05) is 5.02 Å². The summed E-state index contributed by atoms with van der Waals surface area (Å²) < 4.78 is 6.26. The normalized spacial score (nSPS) is 15.8. The van der Waals surface area contributed by atoms with Crippen molar-refractivity contribution in [2.75, 3.05) is 0 Å². The van der Waals surface area contributed by atoms with Gasteiger partial charge in [-0.05, 0) is 41.5 Å². The molecule has 0 aliphatic carbocycles. The second-order valence-corrected chi connectivity index (χ2v) is 7.00. The van der Waals surface area contributed by atoms with Crippen LogP contribution in [-0.4, -0.2) is 10.2 Å². The van der Waals surface area contributed by atoms with Gasteiger partial charge in [-0.2, -0.15) is 0 Å². The summed E-state index contributed by atoms with van der Waals surface area (Å²) >= 11 is 12.1. The number of benzene rings is 2. The Morgan fingerprint density at radius 1 is 1.22 bits per heavy atom. The molecule has 1 amide bonds. The maximum Gasteiger partial charge on any atom is 0.263 e. The van der Waals surface area contributed by atoms with E-state index >= 15 is 0 Å². The maximum absolute atomic E-state index is 11.7. The van der Waals surface area contributed by atoms with Crippen LogP contribution >= 0.6 is 35.6 Å². The average Bonchev–Trinajstić information content (AvgIpc) is 2.85. The van der Waals surface area contributed by atoms with Gasteiger partial charge in [0.05, 0.1) is 4.91 Å². The highest BCUT2D eigenvalue weighted by Crippen LogP contribution is 2.27. The fraction of sp³-hybridized carbons (Fsp3) is 0.0588. The molecule has 1 heterocycles. The number of amides is 1. The van der Waals surface area contributed by atoms with E-state index in [0.717, 1.165) is 16.9 Å². The number of nitrogens with one attached hydrogen (secondary N) is 1. The first-order valence-electron chi connectivity index (χ1n) is 6.82. The lowest BCUT2D eigenvalue weighted by atomic mass is 10.2. The predicted octanol–water partition coefficient (Wildman–Crippen LogP) is 4.41. The zero-order chi connectivity index (χ0) is 16.2. The van der Waals surface area contributed by atoms with Gasteiger partial charge in [0.1, 0.15) is 16.7 Å². The summed E-state index contributed by atoms with van der Waals surface area (Å²) in [5.74, 6) is 0.577. The molecule has 116 valence electrons. The number of thioether (sulfide) groups is 1. The summed E-state index contributed by atoms with van der Waals surface area (Å²) in [6.07, 6.45) is 1.80. The van der Waals surface area contributed by atoms with Crippen LogP contribution in [0.5, 0.6) is 5.75 Å². The van der Waals surface area contributed by atoms with Gasteiger partial charge in [-0.1, -0.05) is 59.8 Å². The van der Waals surface area contributed by atoms with Gasteiger partial charge in [-0.15, -0.1) is 0 Å². The number of carbonyl (C=O) groups is 1. The Balaban J connectivity index is 1.70. The van der Waals surface area contributed by atoms with Gasteiger partial charge >= 0.3 is 0 Å². The molecule has 2 aromatic rings. The molecule has 0 aromatic heterocycles. The average molecular weight is 362 g/mol. The second kappa shape index (κ2) is 7.17. The molecule has 0 saturated carbocycles. The Morgan fingerprint density at radius 3 is 2.70 bits per heavy atom. The summed E-state index contributed by atoms with van der Waals surface area (Å²) in [5, 5.41) is 3.30. The van der Waals surface area contributed by atoms with Crippen molar-refractivity contribution in [3.63, 3.8) is 0 Å². The highest BCUT2D eigenvalue weighted by molar-refractivity contribution is 8.26. The quantitative estimate of drug-likeness (QED) is 0.646. The van der Waals surface area contributed by atoms with Crippen LogP contribution in [0, 0.1) is 0 Å². The van der Waals surface area contributed by atoms with E-state index in [9.17, 15) is 4.79 Å². The number of hydrogen-bond acceptors (Lipinski definition) is 4. The first-order chi connectivity index (χ1) is 11.1. The van der Waals surface area contributed by atoms with E-state index in [2.05, 4.69) is 5.32 Å². The maximum atomic E-state index is 11.7. The third-order valence-electron chi connectivity index (χ3n) is 3.12. The zero-order valence-corrected chi connectivity index (χ0v) is 14.3. The first kappa shape index (κ1) is 16.1. The van der Waals surface area contributed by atoms with Crippen LogP contribution in [0.15, 0.2) is 53.4 Å². The van der Waals surface area contributed by atoms with E-state index in [1.54, 1.807) is 6.08 Å². The van der Waals surface area contributed by atoms with E-state index in [-0.39, 0.29) is 5.91 Å². The number of ether oxygens (including phenoxy) is 1. The molecular weight excluding hydrogens is 350 g/mol. The first-order valence-corrected chi connectivity index (χ1v) is 8.42. The summed E-state index contributed by atoms with van der Waals surface area (Å²) in [7, 11) is 0. The Labute approximate surface area is 148 Å². The molecule has 3 rings (SSSR count). The van der Waals surface area contributed by atoms with E-state index in [4.69, 9.17) is 28.6 Å². The van der Waals surface area contributed by atoms with Crippen molar-refractivity contribution in [3.05, 3.63) is 69.6 Å². The summed E-state index contributed by atoms with van der Waals surface area (Å²) in [6.45, 7) is 0.455. The molecule has 23 heavy (non-hydrogen) atoms. The predicted molar refractivity (Wildman–Crippen MR) is 98.5 cm³/mol. The molecule has 6 heteroatoms. The lowest BCUT2D eigenvalue weighted by molar-refractivity contribution is -0.115. The molecular formula is C17H12ClNO2S2. The SMILES string of the molecule is O=C1NC(=S)SC1=Cc1cccc(OCc2ccc(Cl)cc2)c1. The Bertz CT molecular complexity index is 787. The summed E-state index contributed by atoms with van der Waals surface area (Å²) in [6, 6.07) is 15.1. The molecule has 3 nitrogen and oxygen atoms in total.